The van der Waals surface area contributed by atoms with E-state index in [0.717, 1.165) is 3.57 Å². The summed E-state index contributed by atoms with van der Waals surface area (Å²) in [4.78, 5) is 23.0. The van der Waals surface area contributed by atoms with E-state index in [-0.39, 0.29) is 11.8 Å². The summed E-state index contributed by atoms with van der Waals surface area (Å²) in [5.41, 5.74) is 1.15. The van der Waals surface area contributed by atoms with Crippen LogP contribution in [0, 0.1) is 3.57 Å². The fraction of sp³-hybridized carbons (Fsp3) is 0.333. The molecule has 0 radical (unpaired) electrons. The summed E-state index contributed by atoms with van der Waals surface area (Å²) in [6.45, 7) is 3.93. The number of esters is 1. The summed E-state index contributed by atoms with van der Waals surface area (Å²) in [6.07, 6.45) is 0.467. The minimum atomic E-state index is -0.345. The molecule has 0 fully saturated rings. The van der Waals surface area contributed by atoms with Gasteiger partial charge in [0.25, 0.3) is 0 Å². The van der Waals surface area contributed by atoms with E-state index in [9.17, 15) is 9.59 Å². The van der Waals surface area contributed by atoms with Crippen LogP contribution in [0.4, 0.5) is 0 Å². The van der Waals surface area contributed by atoms with E-state index in [1.165, 1.54) is 0 Å². The summed E-state index contributed by atoms with van der Waals surface area (Å²) in [5, 5.41) is 0. The summed E-state index contributed by atoms with van der Waals surface area (Å²) in [7, 11) is 0. The first-order valence-corrected chi connectivity index (χ1v) is 6.17. The lowest BCUT2D eigenvalue weighted by Gasteiger charge is -2.05. The van der Waals surface area contributed by atoms with E-state index in [4.69, 9.17) is 4.74 Å². The maximum atomic E-state index is 11.5. The molecule has 16 heavy (non-hydrogen) atoms. The summed E-state index contributed by atoms with van der Waals surface area (Å²) in [5.74, 6) is -0.268. The maximum absolute atomic E-state index is 11.5. The van der Waals surface area contributed by atoms with Gasteiger partial charge >= 0.3 is 5.97 Å². The molecule has 0 aliphatic rings. The fourth-order valence-corrected chi connectivity index (χ4v) is 2.00. The van der Waals surface area contributed by atoms with Crippen molar-refractivity contribution in [3.8, 4) is 0 Å². The van der Waals surface area contributed by atoms with Crippen molar-refractivity contribution >= 4 is 34.3 Å². The van der Waals surface area contributed by atoms with Gasteiger partial charge < -0.3 is 4.74 Å². The van der Waals surface area contributed by atoms with Gasteiger partial charge in [0.2, 0.25) is 0 Å². The molecule has 0 saturated heterocycles. The molecule has 86 valence electrons. The summed E-state index contributed by atoms with van der Waals surface area (Å²) in [6, 6.07) is 5.03. The van der Waals surface area contributed by atoms with Crippen LogP contribution in [0.25, 0.3) is 0 Å². The van der Waals surface area contributed by atoms with Crippen LogP contribution in [0.5, 0.6) is 0 Å². The average Bonchev–Trinajstić information content (AvgIpc) is 2.28. The van der Waals surface area contributed by atoms with Gasteiger partial charge in [-0.1, -0.05) is 13.0 Å². The molecule has 4 heteroatoms. The maximum Gasteiger partial charge on any atom is 0.339 e. The second kappa shape index (κ2) is 5.98. The molecule has 0 N–H and O–H groups in total. The molecular formula is C12H13IO3. The molecule has 0 amide bonds. The Kier molecular flexibility index (Phi) is 4.92. The van der Waals surface area contributed by atoms with Gasteiger partial charge in [-0.2, -0.15) is 0 Å². The molecule has 1 rings (SSSR count). The van der Waals surface area contributed by atoms with Crippen LogP contribution >= 0.6 is 22.6 Å². The van der Waals surface area contributed by atoms with Gasteiger partial charge in [-0.3, -0.25) is 4.79 Å². The van der Waals surface area contributed by atoms with Crippen molar-refractivity contribution in [2.24, 2.45) is 0 Å². The van der Waals surface area contributed by atoms with Crippen LogP contribution in [-0.2, 0) is 4.74 Å². The van der Waals surface area contributed by atoms with Crippen molar-refractivity contribution in [2.45, 2.75) is 20.3 Å². The molecule has 0 aliphatic heterocycles. The first kappa shape index (κ1) is 13.2. The highest BCUT2D eigenvalue weighted by Crippen LogP contribution is 2.16. The highest BCUT2D eigenvalue weighted by atomic mass is 127. The van der Waals surface area contributed by atoms with Crippen molar-refractivity contribution in [3.63, 3.8) is 0 Å². The van der Waals surface area contributed by atoms with Crippen molar-refractivity contribution < 1.29 is 14.3 Å². The number of rotatable bonds is 4. The highest BCUT2D eigenvalue weighted by Gasteiger charge is 2.13. The van der Waals surface area contributed by atoms with Gasteiger partial charge in [0.05, 0.1) is 12.2 Å². The smallest absolute Gasteiger partial charge is 0.339 e. The Labute approximate surface area is 108 Å². The third kappa shape index (κ3) is 3.04. The Bertz CT molecular complexity index is 413. The van der Waals surface area contributed by atoms with Gasteiger partial charge in [-0.05, 0) is 41.6 Å². The van der Waals surface area contributed by atoms with E-state index in [1.54, 1.807) is 25.1 Å². The van der Waals surface area contributed by atoms with Crippen molar-refractivity contribution in [1.29, 1.82) is 0 Å². The molecule has 0 heterocycles. The molecule has 0 atom stereocenters. The number of ketones is 1. The standard InChI is InChI=1S/C12H13IO3/c1-3-11(14)8-5-6-9(10(13)7-8)12(15)16-4-2/h5-7H,3-4H2,1-2H3. The average molecular weight is 332 g/mol. The third-order valence-electron chi connectivity index (χ3n) is 2.11. The lowest BCUT2D eigenvalue weighted by molar-refractivity contribution is 0.0525. The lowest BCUT2D eigenvalue weighted by Crippen LogP contribution is -2.08. The van der Waals surface area contributed by atoms with E-state index in [2.05, 4.69) is 0 Å². The van der Waals surface area contributed by atoms with E-state index < -0.39 is 0 Å². The molecule has 1 aromatic rings. The molecule has 0 aromatic heterocycles. The number of hydrogen-bond donors (Lipinski definition) is 0. The molecule has 1 aromatic carbocycles. The van der Waals surface area contributed by atoms with Gasteiger partial charge in [0.15, 0.2) is 5.78 Å². The van der Waals surface area contributed by atoms with Crippen molar-refractivity contribution in [1.82, 2.24) is 0 Å². The number of hydrogen-bond acceptors (Lipinski definition) is 3. The zero-order chi connectivity index (χ0) is 12.1. The SMILES string of the molecule is CCOC(=O)c1ccc(C(=O)CC)cc1I. The minimum absolute atomic E-state index is 0.0772. The second-order valence-corrected chi connectivity index (χ2v) is 4.35. The van der Waals surface area contributed by atoms with Crippen molar-refractivity contribution in [3.05, 3.63) is 32.9 Å². The van der Waals surface area contributed by atoms with Crippen LogP contribution in [0.1, 0.15) is 41.0 Å². The first-order chi connectivity index (χ1) is 7.60. The van der Waals surface area contributed by atoms with E-state index >= 15 is 0 Å². The quantitative estimate of drug-likeness (QED) is 0.484. The van der Waals surface area contributed by atoms with Gasteiger partial charge in [-0.15, -0.1) is 0 Å². The van der Waals surface area contributed by atoms with Crippen LogP contribution < -0.4 is 0 Å². The number of Topliss-reactive ketones (excluding diaryl/α,β-unsaturated/α-hetero) is 1. The van der Waals surface area contributed by atoms with Gasteiger partial charge in [0.1, 0.15) is 0 Å². The Morgan fingerprint density at radius 3 is 2.50 bits per heavy atom. The van der Waals surface area contributed by atoms with Crippen molar-refractivity contribution in [2.75, 3.05) is 6.61 Å². The number of carbonyl (C=O) groups is 2. The Hall–Kier alpha value is -0.910. The fourth-order valence-electron chi connectivity index (χ4n) is 1.27. The summed E-state index contributed by atoms with van der Waals surface area (Å²) >= 11 is 2.04. The zero-order valence-electron chi connectivity index (χ0n) is 9.25. The molecule has 0 bridgehead atoms. The minimum Gasteiger partial charge on any atom is -0.462 e. The largest absolute Gasteiger partial charge is 0.462 e. The zero-order valence-corrected chi connectivity index (χ0v) is 11.4. The molecule has 3 nitrogen and oxygen atoms in total. The Morgan fingerprint density at radius 2 is 2.00 bits per heavy atom. The number of halogens is 1. The third-order valence-corrected chi connectivity index (χ3v) is 3.00. The number of benzene rings is 1. The first-order valence-electron chi connectivity index (χ1n) is 5.10. The van der Waals surface area contributed by atoms with Gasteiger partial charge in [-0.25, -0.2) is 4.79 Å². The Balaban J connectivity index is 3.00. The highest BCUT2D eigenvalue weighted by molar-refractivity contribution is 14.1. The van der Waals surface area contributed by atoms with Crippen LogP contribution in [0.15, 0.2) is 18.2 Å². The molecule has 0 spiro atoms. The van der Waals surface area contributed by atoms with Crippen LogP contribution in [0.3, 0.4) is 0 Å². The van der Waals surface area contributed by atoms with Crippen LogP contribution in [-0.4, -0.2) is 18.4 Å². The summed E-state index contributed by atoms with van der Waals surface area (Å²) < 4.78 is 5.65. The van der Waals surface area contributed by atoms with E-state index in [1.807, 2.05) is 29.5 Å². The normalized spacial score (nSPS) is 9.94. The van der Waals surface area contributed by atoms with Gasteiger partial charge in [0, 0.05) is 15.6 Å². The second-order valence-electron chi connectivity index (χ2n) is 3.19. The molecule has 0 unspecified atom stereocenters. The topological polar surface area (TPSA) is 43.4 Å². The number of ether oxygens (including phenoxy) is 1. The Morgan fingerprint density at radius 1 is 1.31 bits per heavy atom. The molecule has 0 saturated carbocycles. The molecular weight excluding hydrogens is 319 g/mol. The predicted octanol–water partition coefficient (Wildman–Crippen LogP) is 3.06. The predicted molar refractivity (Wildman–Crippen MR) is 69.7 cm³/mol. The molecule has 0 aliphatic carbocycles. The van der Waals surface area contributed by atoms with Crippen LogP contribution in [0.2, 0.25) is 0 Å². The van der Waals surface area contributed by atoms with E-state index in [0.29, 0.717) is 24.2 Å². The monoisotopic (exact) mass is 332 g/mol. The lowest BCUT2D eigenvalue weighted by atomic mass is 10.1. The number of carbonyl (C=O) groups excluding carboxylic acids is 2.